The van der Waals surface area contributed by atoms with Crippen molar-refractivity contribution < 1.29 is 4.79 Å². The summed E-state index contributed by atoms with van der Waals surface area (Å²) in [6.07, 6.45) is 3.04. The first-order valence-electron chi connectivity index (χ1n) is 9.91. The monoisotopic (exact) mass is 389 g/mol. The van der Waals surface area contributed by atoms with Crippen LogP contribution in [0.15, 0.2) is 48.7 Å². The maximum atomic E-state index is 12.9. The van der Waals surface area contributed by atoms with E-state index in [4.69, 9.17) is 4.98 Å². The van der Waals surface area contributed by atoms with Crippen molar-refractivity contribution in [2.24, 2.45) is 7.05 Å². The van der Waals surface area contributed by atoms with Gasteiger partial charge in [0.05, 0.1) is 11.0 Å². The fourth-order valence-corrected chi connectivity index (χ4v) is 3.85. The Bertz CT molecular complexity index is 1180. The van der Waals surface area contributed by atoms with Gasteiger partial charge in [-0.05, 0) is 70.4 Å². The Hall–Kier alpha value is -3.12. The first-order valence-corrected chi connectivity index (χ1v) is 9.91. The number of hydrogen-bond acceptors (Lipinski definition) is 3. The Morgan fingerprint density at radius 1 is 1.14 bits per heavy atom. The molecule has 0 aliphatic heterocycles. The Balaban J connectivity index is 1.57. The molecule has 29 heavy (non-hydrogen) atoms. The number of carbonyl (C=O) groups excluding carboxylic acids is 1. The van der Waals surface area contributed by atoms with Gasteiger partial charge in [-0.2, -0.15) is 0 Å². The second-order valence-electron chi connectivity index (χ2n) is 7.79. The van der Waals surface area contributed by atoms with Gasteiger partial charge in [0, 0.05) is 41.9 Å². The molecule has 0 aliphatic rings. The zero-order valence-electron chi connectivity index (χ0n) is 17.4. The number of fused-ring (bicyclic) bond motifs is 2. The van der Waals surface area contributed by atoms with E-state index in [2.05, 4.69) is 28.9 Å². The molecule has 0 aliphatic carbocycles. The summed E-state index contributed by atoms with van der Waals surface area (Å²) < 4.78 is 4.26. The highest BCUT2D eigenvalue weighted by atomic mass is 16.1. The summed E-state index contributed by atoms with van der Waals surface area (Å²) >= 11 is 0. The van der Waals surface area contributed by atoms with Gasteiger partial charge < -0.3 is 19.4 Å². The number of imidazole rings is 1. The minimum Gasteiger partial charge on any atom is -0.351 e. The fraction of sp³-hybridized carbons (Fsp3) is 0.304. The molecule has 150 valence electrons. The van der Waals surface area contributed by atoms with E-state index in [0.717, 1.165) is 53.0 Å². The number of nitrogens with zero attached hydrogens (tertiary/aromatic N) is 4. The molecule has 4 rings (SSSR count). The first-order chi connectivity index (χ1) is 13.9. The van der Waals surface area contributed by atoms with E-state index in [1.54, 1.807) is 0 Å². The molecule has 0 saturated carbocycles. The van der Waals surface area contributed by atoms with E-state index >= 15 is 0 Å². The zero-order valence-corrected chi connectivity index (χ0v) is 17.4. The second-order valence-corrected chi connectivity index (χ2v) is 7.79. The van der Waals surface area contributed by atoms with Gasteiger partial charge >= 0.3 is 0 Å². The van der Waals surface area contributed by atoms with Crippen LogP contribution in [0.5, 0.6) is 0 Å². The summed E-state index contributed by atoms with van der Waals surface area (Å²) in [7, 11) is 6.16. The molecular weight excluding hydrogens is 362 g/mol. The van der Waals surface area contributed by atoms with Crippen LogP contribution in [0.2, 0.25) is 0 Å². The number of anilines is 1. The number of amides is 1. The highest BCUT2D eigenvalue weighted by molar-refractivity contribution is 6.13. The van der Waals surface area contributed by atoms with Crippen LogP contribution >= 0.6 is 0 Å². The molecule has 0 spiro atoms. The highest BCUT2D eigenvalue weighted by Crippen LogP contribution is 2.23. The molecule has 0 saturated heterocycles. The van der Waals surface area contributed by atoms with Crippen LogP contribution in [-0.4, -0.2) is 45.6 Å². The van der Waals surface area contributed by atoms with E-state index in [-0.39, 0.29) is 5.91 Å². The van der Waals surface area contributed by atoms with Crippen LogP contribution in [0, 0.1) is 6.92 Å². The van der Waals surface area contributed by atoms with Crippen molar-refractivity contribution >= 4 is 33.5 Å². The van der Waals surface area contributed by atoms with Crippen molar-refractivity contribution in [3.63, 3.8) is 0 Å². The molecule has 0 fully saturated rings. The predicted molar refractivity (Wildman–Crippen MR) is 119 cm³/mol. The van der Waals surface area contributed by atoms with Gasteiger partial charge in [-0.1, -0.05) is 6.07 Å². The third-order valence-electron chi connectivity index (χ3n) is 5.36. The standard InChI is InChI=1S/C23H27N5O/c1-16-24-20-15-17(9-10-22(20)28(16)13-6-12-26(2)3)25-23(29)19-7-5-8-21-18(19)11-14-27(21)4/h5,7-11,14-15H,6,12-13H2,1-4H3,(H,25,29). The summed E-state index contributed by atoms with van der Waals surface area (Å²) in [4.78, 5) is 19.8. The molecule has 0 bridgehead atoms. The quantitative estimate of drug-likeness (QED) is 0.541. The molecule has 6 heteroatoms. The number of rotatable bonds is 6. The third-order valence-corrected chi connectivity index (χ3v) is 5.36. The Morgan fingerprint density at radius 3 is 2.76 bits per heavy atom. The maximum Gasteiger partial charge on any atom is 0.256 e. The van der Waals surface area contributed by atoms with Gasteiger partial charge in [0.1, 0.15) is 5.82 Å². The minimum absolute atomic E-state index is 0.108. The van der Waals surface area contributed by atoms with Crippen LogP contribution in [0.25, 0.3) is 21.9 Å². The molecule has 0 atom stereocenters. The van der Waals surface area contributed by atoms with Gasteiger partial charge in [-0.25, -0.2) is 4.98 Å². The Kier molecular flexibility index (Phi) is 5.11. The lowest BCUT2D eigenvalue weighted by Gasteiger charge is -2.11. The normalized spacial score (nSPS) is 11.6. The first kappa shape index (κ1) is 19.2. The fourth-order valence-electron chi connectivity index (χ4n) is 3.85. The average molecular weight is 390 g/mol. The molecule has 2 aromatic heterocycles. The summed E-state index contributed by atoms with van der Waals surface area (Å²) in [5, 5.41) is 3.99. The van der Waals surface area contributed by atoms with Crippen LogP contribution in [0.4, 0.5) is 5.69 Å². The van der Waals surface area contributed by atoms with Gasteiger partial charge in [0.2, 0.25) is 0 Å². The lowest BCUT2D eigenvalue weighted by molar-refractivity contribution is 0.102. The third kappa shape index (κ3) is 3.76. The average Bonchev–Trinajstić information content (AvgIpc) is 3.21. The molecule has 0 unspecified atom stereocenters. The van der Waals surface area contributed by atoms with Gasteiger partial charge in [-0.3, -0.25) is 4.79 Å². The molecule has 4 aromatic rings. The van der Waals surface area contributed by atoms with E-state index in [1.807, 2.05) is 67.2 Å². The largest absolute Gasteiger partial charge is 0.351 e. The van der Waals surface area contributed by atoms with Gasteiger partial charge in [0.25, 0.3) is 5.91 Å². The van der Waals surface area contributed by atoms with Gasteiger partial charge in [0.15, 0.2) is 0 Å². The van der Waals surface area contributed by atoms with Crippen LogP contribution in [0.1, 0.15) is 22.6 Å². The van der Waals surface area contributed by atoms with Crippen LogP contribution in [0.3, 0.4) is 0 Å². The van der Waals surface area contributed by atoms with Gasteiger partial charge in [-0.15, -0.1) is 0 Å². The minimum atomic E-state index is -0.108. The highest BCUT2D eigenvalue weighted by Gasteiger charge is 2.13. The van der Waals surface area contributed by atoms with E-state index in [9.17, 15) is 4.79 Å². The summed E-state index contributed by atoms with van der Waals surface area (Å²) in [6, 6.07) is 13.7. The van der Waals surface area contributed by atoms with E-state index in [0.29, 0.717) is 5.56 Å². The smallest absolute Gasteiger partial charge is 0.256 e. The van der Waals surface area contributed by atoms with Crippen molar-refractivity contribution in [2.45, 2.75) is 19.9 Å². The van der Waals surface area contributed by atoms with Crippen molar-refractivity contribution in [1.82, 2.24) is 19.0 Å². The lowest BCUT2D eigenvalue weighted by atomic mass is 10.1. The number of carbonyl (C=O) groups is 1. The number of hydrogen-bond donors (Lipinski definition) is 1. The number of nitrogens with one attached hydrogen (secondary N) is 1. The summed E-state index contributed by atoms with van der Waals surface area (Å²) in [6.45, 7) is 4.00. The second kappa shape index (κ2) is 7.72. The zero-order chi connectivity index (χ0) is 20.5. The summed E-state index contributed by atoms with van der Waals surface area (Å²) in [5.41, 5.74) is 4.48. The van der Waals surface area contributed by atoms with Crippen LogP contribution < -0.4 is 5.32 Å². The lowest BCUT2D eigenvalue weighted by Crippen LogP contribution is -2.15. The molecular formula is C23H27N5O. The molecule has 6 nitrogen and oxygen atoms in total. The molecule has 0 radical (unpaired) electrons. The molecule has 2 aromatic carbocycles. The number of aromatic nitrogens is 3. The Morgan fingerprint density at radius 2 is 1.97 bits per heavy atom. The van der Waals surface area contributed by atoms with Crippen molar-refractivity contribution in [2.75, 3.05) is 26.0 Å². The summed E-state index contributed by atoms with van der Waals surface area (Å²) in [5.74, 6) is 0.888. The van der Waals surface area contributed by atoms with Crippen molar-refractivity contribution in [3.8, 4) is 0 Å². The topological polar surface area (TPSA) is 55.1 Å². The van der Waals surface area contributed by atoms with Crippen LogP contribution in [-0.2, 0) is 13.6 Å². The molecule has 1 N–H and O–H groups in total. The molecule has 2 heterocycles. The Labute approximate surface area is 170 Å². The number of benzene rings is 2. The van der Waals surface area contributed by atoms with Crippen molar-refractivity contribution in [3.05, 3.63) is 60.0 Å². The maximum absolute atomic E-state index is 12.9. The molecule has 1 amide bonds. The predicted octanol–water partition coefficient (Wildman–Crippen LogP) is 4.04. The van der Waals surface area contributed by atoms with E-state index < -0.39 is 0 Å². The van der Waals surface area contributed by atoms with E-state index in [1.165, 1.54) is 0 Å². The SMILES string of the molecule is Cc1nc2cc(NC(=O)c3cccc4c3ccn4C)ccc2n1CCCN(C)C. The van der Waals surface area contributed by atoms with Crippen molar-refractivity contribution in [1.29, 1.82) is 0 Å². The number of aryl methyl sites for hydroxylation is 3.